The van der Waals surface area contributed by atoms with Crippen molar-refractivity contribution in [2.45, 2.75) is 23.8 Å². The van der Waals surface area contributed by atoms with Crippen LogP contribution in [0, 0.1) is 10.1 Å². The summed E-state index contributed by atoms with van der Waals surface area (Å²) in [5.41, 5.74) is 5.02. The fourth-order valence-corrected chi connectivity index (χ4v) is 4.86. The molecular weight excluding hydrogens is 318 g/mol. The van der Waals surface area contributed by atoms with Gasteiger partial charge in [0.15, 0.2) is 4.90 Å². The largest absolute Gasteiger partial charge is 0.399 e. The van der Waals surface area contributed by atoms with Gasteiger partial charge in [0, 0.05) is 40.1 Å². The highest BCUT2D eigenvalue weighted by atomic mass is 32.2. The van der Waals surface area contributed by atoms with Crippen LogP contribution in [-0.2, 0) is 20.8 Å². The molecule has 1 aliphatic heterocycles. The van der Waals surface area contributed by atoms with Crippen LogP contribution in [-0.4, -0.2) is 35.1 Å². The third kappa shape index (κ3) is 3.77. The second-order valence-corrected chi connectivity index (χ2v) is 8.11. The van der Waals surface area contributed by atoms with Crippen LogP contribution in [0.4, 0.5) is 11.4 Å². The van der Waals surface area contributed by atoms with Crippen molar-refractivity contribution in [3.63, 3.8) is 0 Å². The van der Waals surface area contributed by atoms with Crippen LogP contribution in [0.3, 0.4) is 0 Å². The Bertz CT molecular complexity index is 679. The summed E-state index contributed by atoms with van der Waals surface area (Å²) in [4.78, 5) is 9.79. The number of hydrogen-bond donors (Lipinski definition) is 2. The minimum Gasteiger partial charge on any atom is -0.399 e. The molecule has 1 heterocycles. The zero-order valence-corrected chi connectivity index (χ0v) is 12.7. The Morgan fingerprint density at radius 1 is 1.33 bits per heavy atom. The molecule has 0 aromatic heterocycles. The molecule has 0 spiro atoms. The van der Waals surface area contributed by atoms with Crippen molar-refractivity contribution < 1.29 is 17.6 Å². The van der Waals surface area contributed by atoms with Crippen LogP contribution >= 0.6 is 0 Å². The monoisotopic (exact) mass is 333 g/mol. The van der Waals surface area contributed by atoms with Gasteiger partial charge in [-0.2, -0.15) is 0 Å². The number of anilines is 1. The summed E-state index contributed by atoms with van der Waals surface area (Å²) in [5, 5.41) is 11.0. The molecule has 3 N–H and O–H groups in total. The standard InChI is InChI=1S/C11H15N3O5S2/c12-8-1-2-11(10(7-8)14(15)16)21(18,19)13-9-3-5-20(17)6-4-9/h1-2,7,9,13H,3-6,12H2. The van der Waals surface area contributed by atoms with Crippen LogP contribution in [0.15, 0.2) is 23.1 Å². The first kappa shape index (κ1) is 15.9. The van der Waals surface area contributed by atoms with Crippen molar-refractivity contribution in [3.05, 3.63) is 28.3 Å². The first-order valence-electron chi connectivity index (χ1n) is 6.21. The van der Waals surface area contributed by atoms with Gasteiger partial charge in [0.25, 0.3) is 5.69 Å². The third-order valence-electron chi connectivity index (χ3n) is 3.18. The Labute approximate surface area is 124 Å². The molecule has 0 aliphatic carbocycles. The predicted octanol–water partition coefficient (Wildman–Crippen LogP) is 0.366. The number of rotatable bonds is 4. The van der Waals surface area contributed by atoms with E-state index in [0.29, 0.717) is 24.3 Å². The van der Waals surface area contributed by atoms with E-state index in [9.17, 15) is 22.7 Å². The summed E-state index contributed by atoms with van der Waals surface area (Å²) in [7, 11) is -4.92. The van der Waals surface area contributed by atoms with Crippen molar-refractivity contribution in [2.24, 2.45) is 0 Å². The van der Waals surface area contributed by atoms with E-state index < -0.39 is 36.3 Å². The van der Waals surface area contributed by atoms with E-state index in [-0.39, 0.29) is 11.7 Å². The highest BCUT2D eigenvalue weighted by Gasteiger charge is 2.29. The highest BCUT2D eigenvalue weighted by molar-refractivity contribution is 7.89. The summed E-state index contributed by atoms with van der Waals surface area (Å²) in [5.74, 6) is 0.855. The van der Waals surface area contributed by atoms with E-state index in [2.05, 4.69) is 4.72 Å². The molecule has 21 heavy (non-hydrogen) atoms. The summed E-state index contributed by atoms with van der Waals surface area (Å²) in [6.07, 6.45) is 0.906. The number of hydrogen-bond acceptors (Lipinski definition) is 6. The zero-order valence-electron chi connectivity index (χ0n) is 11.0. The number of nitro groups is 1. The molecule has 1 aliphatic rings. The topological polar surface area (TPSA) is 132 Å². The highest BCUT2D eigenvalue weighted by Crippen LogP contribution is 2.26. The molecule has 0 bridgehead atoms. The fraction of sp³-hybridized carbons (Fsp3) is 0.455. The number of sulfonamides is 1. The van der Waals surface area contributed by atoms with Crippen molar-refractivity contribution in [1.82, 2.24) is 4.72 Å². The Morgan fingerprint density at radius 2 is 1.95 bits per heavy atom. The number of nitrogens with zero attached hydrogens (tertiary/aromatic N) is 1. The lowest BCUT2D eigenvalue weighted by atomic mass is 10.2. The molecule has 1 saturated heterocycles. The van der Waals surface area contributed by atoms with Crippen LogP contribution < -0.4 is 10.5 Å². The quantitative estimate of drug-likeness (QED) is 0.464. The third-order valence-corrected chi connectivity index (χ3v) is 6.13. The van der Waals surface area contributed by atoms with Crippen molar-refractivity contribution in [3.8, 4) is 0 Å². The molecule has 1 aromatic carbocycles. The van der Waals surface area contributed by atoms with Gasteiger partial charge in [-0.25, -0.2) is 13.1 Å². The maximum absolute atomic E-state index is 12.3. The molecule has 8 nitrogen and oxygen atoms in total. The van der Waals surface area contributed by atoms with Gasteiger partial charge < -0.3 is 5.73 Å². The molecule has 2 rings (SSSR count). The molecule has 0 radical (unpaired) electrons. The number of nitrogens with one attached hydrogen (secondary N) is 1. The van der Waals surface area contributed by atoms with Crippen LogP contribution in [0.2, 0.25) is 0 Å². The van der Waals surface area contributed by atoms with Crippen LogP contribution in [0.25, 0.3) is 0 Å². The maximum atomic E-state index is 12.3. The normalized spacial score (nSPS) is 22.9. The average Bonchev–Trinajstić information content (AvgIpc) is 2.40. The molecule has 116 valence electrons. The average molecular weight is 333 g/mol. The van der Waals surface area contributed by atoms with Crippen LogP contribution in [0.5, 0.6) is 0 Å². The SMILES string of the molecule is Nc1ccc(S(=O)(=O)NC2CCS(=O)CC2)c([N+](=O)[O-])c1. The van der Waals surface area contributed by atoms with Gasteiger partial charge in [-0.05, 0) is 25.0 Å². The van der Waals surface area contributed by atoms with Gasteiger partial charge in [0.1, 0.15) is 0 Å². The number of nitrogen functional groups attached to an aromatic ring is 1. The second-order valence-electron chi connectivity index (χ2n) is 4.73. The second kappa shape index (κ2) is 6.08. The predicted molar refractivity (Wildman–Crippen MR) is 78.7 cm³/mol. The summed E-state index contributed by atoms with van der Waals surface area (Å²) in [6, 6.07) is 3.09. The minimum atomic E-state index is -4.02. The van der Waals surface area contributed by atoms with Crippen molar-refractivity contribution in [1.29, 1.82) is 0 Å². The smallest absolute Gasteiger partial charge is 0.291 e. The lowest BCUT2D eigenvalue weighted by molar-refractivity contribution is -0.387. The van der Waals surface area contributed by atoms with Gasteiger partial charge in [-0.3, -0.25) is 14.3 Å². The Kier molecular flexibility index (Phi) is 4.59. The molecule has 0 unspecified atom stereocenters. The van der Waals surface area contributed by atoms with Gasteiger partial charge >= 0.3 is 0 Å². The lowest BCUT2D eigenvalue weighted by Gasteiger charge is -2.22. The Morgan fingerprint density at radius 3 is 2.52 bits per heavy atom. The number of nitrogens with two attached hydrogens (primary N) is 1. The van der Waals surface area contributed by atoms with Crippen molar-refractivity contribution in [2.75, 3.05) is 17.2 Å². The lowest BCUT2D eigenvalue weighted by Crippen LogP contribution is -2.39. The molecule has 1 fully saturated rings. The maximum Gasteiger partial charge on any atom is 0.291 e. The van der Waals surface area contributed by atoms with E-state index >= 15 is 0 Å². The van der Waals surface area contributed by atoms with E-state index in [1.54, 1.807) is 0 Å². The summed E-state index contributed by atoms with van der Waals surface area (Å²) >= 11 is 0. The molecule has 0 amide bonds. The van der Waals surface area contributed by atoms with Gasteiger partial charge in [-0.15, -0.1) is 0 Å². The van der Waals surface area contributed by atoms with E-state index in [4.69, 9.17) is 5.73 Å². The van der Waals surface area contributed by atoms with E-state index in [1.165, 1.54) is 6.07 Å². The molecule has 1 aromatic rings. The first-order valence-corrected chi connectivity index (χ1v) is 9.18. The number of benzene rings is 1. The molecule has 0 saturated carbocycles. The van der Waals surface area contributed by atoms with E-state index in [0.717, 1.165) is 12.1 Å². The van der Waals surface area contributed by atoms with E-state index in [1.807, 2.05) is 0 Å². The van der Waals surface area contributed by atoms with Gasteiger partial charge in [-0.1, -0.05) is 0 Å². The van der Waals surface area contributed by atoms with Gasteiger partial charge in [0.2, 0.25) is 10.0 Å². The fourth-order valence-electron chi connectivity index (χ4n) is 2.10. The van der Waals surface area contributed by atoms with Crippen molar-refractivity contribution >= 4 is 32.2 Å². The Balaban J connectivity index is 2.27. The summed E-state index contributed by atoms with van der Waals surface area (Å²) in [6.45, 7) is 0. The molecular formula is C11H15N3O5S2. The first-order chi connectivity index (χ1) is 9.79. The summed E-state index contributed by atoms with van der Waals surface area (Å²) < 4.78 is 38.3. The van der Waals surface area contributed by atoms with Crippen LogP contribution in [0.1, 0.15) is 12.8 Å². The van der Waals surface area contributed by atoms with Gasteiger partial charge in [0.05, 0.1) is 4.92 Å². The zero-order chi connectivity index (χ0) is 15.6. The molecule has 10 heteroatoms. The Hall–Kier alpha value is -1.52. The number of nitro benzene ring substituents is 1. The minimum absolute atomic E-state index is 0.119. The molecule has 0 atom stereocenters.